The van der Waals surface area contributed by atoms with Crippen LogP contribution < -0.4 is 5.73 Å². The Hall–Kier alpha value is -0.870. The van der Waals surface area contributed by atoms with Crippen LogP contribution in [0, 0.1) is 0 Å². The van der Waals surface area contributed by atoms with Gasteiger partial charge in [-0.25, -0.2) is 4.79 Å². The maximum Gasteiger partial charge on any atom is 0.338 e. The summed E-state index contributed by atoms with van der Waals surface area (Å²) in [5.41, 5.74) is 7.37. The van der Waals surface area contributed by atoms with Crippen molar-refractivity contribution in [3.8, 4) is 0 Å². The molecule has 0 bridgehead atoms. The van der Waals surface area contributed by atoms with Gasteiger partial charge in [-0.05, 0) is 43.0 Å². The van der Waals surface area contributed by atoms with Gasteiger partial charge in [0.1, 0.15) is 0 Å². The van der Waals surface area contributed by atoms with Gasteiger partial charge in [0, 0.05) is 10.0 Å². The van der Waals surface area contributed by atoms with Crippen LogP contribution in [0.1, 0.15) is 35.2 Å². The van der Waals surface area contributed by atoms with Crippen LogP contribution in [-0.2, 0) is 10.3 Å². The minimum absolute atomic E-state index is 0.320. The Bertz CT molecular complexity index is 427. The Kier molecular flexibility index (Phi) is 3.04. The summed E-state index contributed by atoms with van der Waals surface area (Å²) in [4.78, 5) is 11.6. The van der Waals surface area contributed by atoms with E-state index >= 15 is 0 Å². The first kappa shape index (κ1) is 11.6. The summed E-state index contributed by atoms with van der Waals surface area (Å²) < 4.78 is 5.71. The van der Waals surface area contributed by atoms with E-state index in [1.807, 2.05) is 12.1 Å². The Labute approximate surface area is 103 Å². The largest absolute Gasteiger partial charge is 0.465 e. The van der Waals surface area contributed by atoms with Gasteiger partial charge in [0.05, 0.1) is 12.7 Å². The number of carbonyl (C=O) groups is 1. The Morgan fingerprint density at radius 2 is 2.19 bits per heavy atom. The number of esters is 1. The van der Waals surface area contributed by atoms with Gasteiger partial charge in [0.25, 0.3) is 0 Å². The number of hydrogen-bond acceptors (Lipinski definition) is 3. The number of benzene rings is 1. The molecule has 2 rings (SSSR count). The number of hydrogen-bond donors (Lipinski definition) is 1. The molecular weight excluding hydrogens is 270 g/mol. The van der Waals surface area contributed by atoms with Crippen LogP contribution in [0.25, 0.3) is 0 Å². The zero-order valence-electron chi connectivity index (χ0n) is 9.13. The van der Waals surface area contributed by atoms with Crippen molar-refractivity contribution in [1.82, 2.24) is 0 Å². The summed E-state index contributed by atoms with van der Waals surface area (Å²) in [6.07, 6.45) is 2.96. The highest BCUT2D eigenvalue weighted by molar-refractivity contribution is 9.10. The van der Waals surface area contributed by atoms with Crippen LogP contribution in [-0.4, -0.2) is 13.1 Å². The number of nitrogens with two attached hydrogens (primary N) is 1. The molecule has 86 valence electrons. The third-order valence-electron chi connectivity index (χ3n) is 3.17. The first-order chi connectivity index (χ1) is 7.57. The van der Waals surface area contributed by atoms with Crippen LogP contribution in [0.4, 0.5) is 0 Å². The molecule has 0 spiro atoms. The standard InChI is InChI=1S/C12H14BrNO2/c1-16-11(15)9-4-3-8(13)7-10(9)12(14)5-2-6-12/h3-4,7H,2,5-6,14H2,1H3. The van der Waals surface area contributed by atoms with E-state index in [4.69, 9.17) is 10.5 Å². The van der Waals surface area contributed by atoms with Crippen molar-refractivity contribution in [3.63, 3.8) is 0 Å². The molecule has 1 saturated carbocycles. The van der Waals surface area contributed by atoms with E-state index in [9.17, 15) is 4.79 Å². The maximum atomic E-state index is 11.6. The molecule has 16 heavy (non-hydrogen) atoms. The summed E-state index contributed by atoms with van der Waals surface area (Å²) in [5.74, 6) is -0.320. The minimum Gasteiger partial charge on any atom is -0.465 e. The molecular formula is C12H14BrNO2. The third-order valence-corrected chi connectivity index (χ3v) is 3.66. The lowest BCUT2D eigenvalue weighted by molar-refractivity contribution is 0.0595. The van der Waals surface area contributed by atoms with E-state index in [1.165, 1.54) is 7.11 Å². The third kappa shape index (κ3) is 1.87. The minimum atomic E-state index is -0.354. The van der Waals surface area contributed by atoms with E-state index in [0.29, 0.717) is 5.56 Å². The molecule has 2 N–H and O–H groups in total. The molecule has 0 aliphatic heterocycles. The molecule has 0 amide bonds. The number of ether oxygens (including phenoxy) is 1. The Morgan fingerprint density at radius 3 is 2.69 bits per heavy atom. The summed E-state index contributed by atoms with van der Waals surface area (Å²) >= 11 is 3.41. The second-order valence-electron chi connectivity index (χ2n) is 4.19. The second-order valence-corrected chi connectivity index (χ2v) is 5.11. The number of halogens is 1. The monoisotopic (exact) mass is 283 g/mol. The molecule has 0 saturated heterocycles. The van der Waals surface area contributed by atoms with E-state index in [1.54, 1.807) is 6.07 Å². The molecule has 1 aliphatic carbocycles. The lowest BCUT2D eigenvalue weighted by atomic mass is 9.71. The fourth-order valence-corrected chi connectivity index (χ4v) is 2.40. The van der Waals surface area contributed by atoms with Gasteiger partial charge < -0.3 is 10.5 Å². The molecule has 1 aliphatic rings. The van der Waals surface area contributed by atoms with Crippen molar-refractivity contribution in [3.05, 3.63) is 33.8 Å². The molecule has 1 aromatic rings. The van der Waals surface area contributed by atoms with Crippen molar-refractivity contribution >= 4 is 21.9 Å². The second kappa shape index (κ2) is 4.18. The van der Waals surface area contributed by atoms with Crippen molar-refractivity contribution < 1.29 is 9.53 Å². The molecule has 1 fully saturated rings. The molecule has 0 atom stereocenters. The fourth-order valence-electron chi connectivity index (χ4n) is 2.04. The van der Waals surface area contributed by atoms with Gasteiger partial charge in [0.15, 0.2) is 0 Å². The van der Waals surface area contributed by atoms with Gasteiger partial charge in [-0.2, -0.15) is 0 Å². The van der Waals surface area contributed by atoms with Gasteiger partial charge in [-0.3, -0.25) is 0 Å². The van der Waals surface area contributed by atoms with E-state index in [-0.39, 0.29) is 11.5 Å². The highest BCUT2D eigenvalue weighted by atomic mass is 79.9. The predicted octanol–water partition coefficient (Wildman–Crippen LogP) is 2.57. The predicted molar refractivity (Wildman–Crippen MR) is 65.2 cm³/mol. The van der Waals surface area contributed by atoms with Gasteiger partial charge in [0.2, 0.25) is 0 Å². The molecule has 0 radical (unpaired) electrons. The molecule has 3 nitrogen and oxygen atoms in total. The lowest BCUT2D eigenvalue weighted by Gasteiger charge is -2.39. The summed E-state index contributed by atoms with van der Waals surface area (Å²) in [7, 11) is 1.39. The highest BCUT2D eigenvalue weighted by Gasteiger charge is 2.37. The molecule has 0 heterocycles. The van der Waals surface area contributed by atoms with Crippen molar-refractivity contribution in [2.24, 2.45) is 5.73 Å². The van der Waals surface area contributed by atoms with E-state index in [2.05, 4.69) is 15.9 Å². The highest BCUT2D eigenvalue weighted by Crippen LogP contribution is 2.41. The van der Waals surface area contributed by atoms with Gasteiger partial charge in [-0.15, -0.1) is 0 Å². The van der Waals surface area contributed by atoms with Crippen molar-refractivity contribution in [2.75, 3.05) is 7.11 Å². The SMILES string of the molecule is COC(=O)c1ccc(Br)cc1C1(N)CCC1. The zero-order chi connectivity index (χ0) is 11.8. The smallest absolute Gasteiger partial charge is 0.338 e. The van der Waals surface area contributed by atoms with E-state index < -0.39 is 0 Å². The number of carbonyl (C=O) groups excluding carboxylic acids is 1. The summed E-state index contributed by atoms with van der Waals surface area (Å²) in [6.45, 7) is 0. The fraction of sp³-hybridized carbons (Fsp3) is 0.417. The van der Waals surface area contributed by atoms with Crippen molar-refractivity contribution in [1.29, 1.82) is 0 Å². The first-order valence-electron chi connectivity index (χ1n) is 5.24. The van der Waals surface area contributed by atoms with E-state index in [0.717, 1.165) is 29.3 Å². The maximum absolute atomic E-state index is 11.6. The van der Waals surface area contributed by atoms with Crippen LogP contribution in [0.15, 0.2) is 22.7 Å². The topological polar surface area (TPSA) is 52.3 Å². The Balaban J connectivity index is 2.48. The average molecular weight is 284 g/mol. The quantitative estimate of drug-likeness (QED) is 0.849. The van der Waals surface area contributed by atoms with Crippen LogP contribution in [0.3, 0.4) is 0 Å². The molecule has 0 aromatic heterocycles. The van der Waals surface area contributed by atoms with Crippen LogP contribution in [0.5, 0.6) is 0 Å². The Morgan fingerprint density at radius 1 is 1.50 bits per heavy atom. The molecule has 4 heteroatoms. The van der Waals surface area contributed by atoms with Gasteiger partial charge >= 0.3 is 5.97 Å². The number of methoxy groups -OCH3 is 1. The zero-order valence-corrected chi connectivity index (χ0v) is 10.7. The van der Waals surface area contributed by atoms with Gasteiger partial charge in [-0.1, -0.05) is 15.9 Å². The summed E-state index contributed by atoms with van der Waals surface area (Å²) in [5, 5.41) is 0. The number of rotatable bonds is 2. The summed E-state index contributed by atoms with van der Waals surface area (Å²) in [6, 6.07) is 5.52. The van der Waals surface area contributed by atoms with Crippen molar-refractivity contribution in [2.45, 2.75) is 24.8 Å². The van der Waals surface area contributed by atoms with Crippen LogP contribution in [0.2, 0.25) is 0 Å². The molecule has 1 aromatic carbocycles. The average Bonchev–Trinajstić information content (AvgIpc) is 2.24. The van der Waals surface area contributed by atoms with Crippen LogP contribution >= 0.6 is 15.9 Å². The lowest BCUT2D eigenvalue weighted by Crippen LogP contribution is -2.44. The normalized spacial score (nSPS) is 17.7. The molecule has 0 unspecified atom stereocenters. The first-order valence-corrected chi connectivity index (χ1v) is 6.03.